The molecule has 2 heterocycles. The van der Waals surface area contributed by atoms with Gasteiger partial charge in [0.05, 0.1) is 11.3 Å². The molecule has 0 bridgehead atoms. The number of pyridine rings is 1. The molecule has 2 atom stereocenters. The van der Waals surface area contributed by atoms with Crippen LogP contribution in [-0.4, -0.2) is 40.2 Å². The van der Waals surface area contributed by atoms with Crippen LogP contribution < -0.4 is 21.7 Å². The average Bonchev–Trinajstić information content (AvgIpc) is 2.68. The maximum absolute atomic E-state index is 12.1. The number of nitriles is 1. The molecule has 27 heavy (non-hydrogen) atoms. The molecule has 3 rings (SSSR count). The van der Waals surface area contributed by atoms with E-state index in [0.29, 0.717) is 22.9 Å². The summed E-state index contributed by atoms with van der Waals surface area (Å²) in [5, 5.41) is 26.0. The molecule has 0 aromatic carbocycles. The first-order chi connectivity index (χ1) is 13.1. The summed E-state index contributed by atoms with van der Waals surface area (Å²) in [6.07, 6.45) is 5.37. The Morgan fingerprint density at radius 1 is 1.30 bits per heavy atom. The fourth-order valence-electron chi connectivity index (χ4n) is 3.09. The van der Waals surface area contributed by atoms with Crippen LogP contribution in [0.3, 0.4) is 0 Å². The van der Waals surface area contributed by atoms with Crippen LogP contribution >= 0.6 is 0 Å². The van der Waals surface area contributed by atoms with Gasteiger partial charge in [0.25, 0.3) is 5.91 Å². The predicted octanol–water partition coefficient (Wildman–Crippen LogP) is 1.53. The molecular formula is C18H22N8O. The third-order valence-corrected chi connectivity index (χ3v) is 4.46. The summed E-state index contributed by atoms with van der Waals surface area (Å²) in [6.45, 7) is 0. The van der Waals surface area contributed by atoms with E-state index in [1.165, 1.54) is 6.20 Å². The molecule has 2 unspecified atom stereocenters. The second-order valence-electron chi connectivity index (χ2n) is 6.51. The smallest absolute Gasteiger partial charge is 0.273 e. The van der Waals surface area contributed by atoms with Crippen LogP contribution in [0.5, 0.6) is 0 Å². The van der Waals surface area contributed by atoms with E-state index in [2.05, 4.69) is 31.1 Å². The van der Waals surface area contributed by atoms with Crippen LogP contribution in [0.25, 0.3) is 0 Å². The van der Waals surface area contributed by atoms with E-state index >= 15 is 0 Å². The number of nitrogens with one attached hydrogen (secondary N) is 3. The van der Waals surface area contributed by atoms with Gasteiger partial charge in [-0.1, -0.05) is 0 Å². The molecule has 2 aromatic heterocycles. The quantitative estimate of drug-likeness (QED) is 0.624. The standard InChI is InChI=1S/C18H22N8O/c1-21-18(27)17-14(23-13-4-2-3-12(20)7-13)8-16(25-26-17)24-15-6-5-11(9-19)10-22-15/h5-6,8,10,12-13H,2-4,7,20H2,1H3,(H,21,27)(H2,22,23,24,25). The number of amides is 1. The molecule has 0 aliphatic heterocycles. The third-order valence-electron chi connectivity index (χ3n) is 4.46. The largest absolute Gasteiger partial charge is 0.380 e. The van der Waals surface area contributed by atoms with Crippen molar-refractivity contribution in [1.29, 1.82) is 5.26 Å². The second-order valence-corrected chi connectivity index (χ2v) is 6.51. The van der Waals surface area contributed by atoms with Crippen molar-refractivity contribution in [3.05, 3.63) is 35.7 Å². The van der Waals surface area contributed by atoms with Crippen molar-refractivity contribution in [3.8, 4) is 6.07 Å². The Kier molecular flexibility index (Phi) is 5.78. The summed E-state index contributed by atoms with van der Waals surface area (Å²) in [6, 6.07) is 7.44. The van der Waals surface area contributed by atoms with E-state index in [1.807, 2.05) is 6.07 Å². The van der Waals surface area contributed by atoms with Gasteiger partial charge in [-0.15, -0.1) is 10.2 Å². The Hall–Kier alpha value is -3.25. The van der Waals surface area contributed by atoms with Gasteiger partial charge >= 0.3 is 0 Å². The molecule has 1 aliphatic rings. The number of rotatable bonds is 5. The highest BCUT2D eigenvalue weighted by atomic mass is 16.1. The number of carbonyl (C=O) groups excluding carboxylic acids is 1. The molecule has 0 spiro atoms. The number of carbonyl (C=O) groups is 1. The minimum absolute atomic E-state index is 0.162. The highest BCUT2D eigenvalue weighted by molar-refractivity contribution is 5.97. The van der Waals surface area contributed by atoms with E-state index in [9.17, 15) is 4.79 Å². The topological polar surface area (TPSA) is 142 Å². The maximum atomic E-state index is 12.1. The molecule has 1 aliphatic carbocycles. The minimum atomic E-state index is -0.312. The predicted molar refractivity (Wildman–Crippen MR) is 102 cm³/mol. The molecule has 0 radical (unpaired) electrons. The van der Waals surface area contributed by atoms with Crippen molar-refractivity contribution in [2.45, 2.75) is 37.8 Å². The lowest BCUT2D eigenvalue weighted by molar-refractivity contribution is 0.0958. The molecule has 2 aromatic rings. The first-order valence-corrected chi connectivity index (χ1v) is 8.84. The molecule has 9 nitrogen and oxygen atoms in total. The van der Waals surface area contributed by atoms with Gasteiger partial charge in [0.1, 0.15) is 11.9 Å². The number of anilines is 3. The fraction of sp³-hybridized carbons (Fsp3) is 0.389. The molecule has 1 fully saturated rings. The maximum Gasteiger partial charge on any atom is 0.273 e. The fourth-order valence-corrected chi connectivity index (χ4v) is 3.09. The monoisotopic (exact) mass is 366 g/mol. The zero-order valence-electron chi connectivity index (χ0n) is 15.1. The van der Waals surface area contributed by atoms with E-state index in [1.54, 1.807) is 25.2 Å². The van der Waals surface area contributed by atoms with Crippen molar-refractivity contribution in [1.82, 2.24) is 20.5 Å². The molecule has 9 heteroatoms. The van der Waals surface area contributed by atoms with Crippen LogP contribution in [0.15, 0.2) is 24.4 Å². The van der Waals surface area contributed by atoms with Gasteiger partial charge in [0, 0.05) is 31.4 Å². The van der Waals surface area contributed by atoms with E-state index in [-0.39, 0.29) is 23.7 Å². The summed E-state index contributed by atoms with van der Waals surface area (Å²) < 4.78 is 0. The Labute approximate surface area is 157 Å². The average molecular weight is 366 g/mol. The zero-order valence-corrected chi connectivity index (χ0v) is 15.1. The number of hydrogen-bond donors (Lipinski definition) is 4. The second kappa shape index (κ2) is 8.42. The highest BCUT2D eigenvalue weighted by Crippen LogP contribution is 2.25. The van der Waals surface area contributed by atoms with Gasteiger partial charge in [0.2, 0.25) is 0 Å². The molecule has 5 N–H and O–H groups in total. The lowest BCUT2D eigenvalue weighted by Gasteiger charge is -2.28. The minimum Gasteiger partial charge on any atom is -0.380 e. The Bertz CT molecular complexity index is 845. The van der Waals surface area contributed by atoms with Gasteiger partial charge < -0.3 is 21.7 Å². The van der Waals surface area contributed by atoms with Crippen LogP contribution in [0.4, 0.5) is 17.3 Å². The van der Waals surface area contributed by atoms with Crippen LogP contribution in [-0.2, 0) is 0 Å². The zero-order chi connectivity index (χ0) is 19.2. The van der Waals surface area contributed by atoms with Crippen LogP contribution in [0.1, 0.15) is 41.7 Å². The van der Waals surface area contributed by atoms with Crippen molar-refractivity contribution in [2.75, 3.05) is 17.7 Å². The molecule has 1 amide bonds. The summed E-state index contributed by atoms with van der Waals surface area (Å²) >= 11 is 0. The van der Waals surface area contributed by atoms with Crippen LogP contribution in [0.2, 0.25) is 0 Å². The van der Waals surface area contributed by atoms with Crippen molar-refractivity contribution in [3.63, 3.8) is 0 Å². The first-order valence-electron chi connectivity index (χ1n) is 8.84. The van der Waals surface area contributed by atoms with Crippen molar-refractivity contribution < 1.29 is 4.79 Å². The lowest BCUT2D eigenvalue weighted by Crippen LogP contribution is -2.35. The highest BCUT2D eigenvalue weighted by Gasteiger charge is 2.22. The molecule has 0 saturated heterocycles. The van der Waals surface area contributed by atoms with Gasteiger partial charge in [-0.2, -0.15) is 5.26 Å². The van der Waals surface area contributed by atoms with Crippen LogP contribution in [0, 0.1) is 11.3 Å². The first kappa shape index (κ1) is 18.5. The van der Waals surface area contributed by atoms with Gasteiger partial charge in [-0.05, 0) is 37.8 Å². The lowest BCUT2D eigenvalue weighted by atomic mass is 9.91. The number of nitrogens with two attached hydrogens (primary N) is 1. The van der Waals surface area contributed by atoms with Gasteiger partial charge in [0.15, 0.2) is 11.5 Å². The molecule has 140 valence electrons. The molecular weight excluding hydrogens is 344 g/mol. The van der Waals surface area contributed by atoms with E-state index in [0.717, 1.165) is 25.7 Å². The molecule has 1 saturated carbocycles. The SMILES string of the molecule is CNC(=O)c1nnc(Nc2ccc(C#N)cn2)cc1NC1CCCC(N)C1. The number of aromatic nitrogens is 3. The Morgan fingerprint density at radius 2 is 2.15 bits per heavy atom. The van der Waals surface area contributed by atoms with E-state index in [4.69, 9.17) is 11.0 Å². The van der Waals surface area contributed by atoms with Gasteiger partial charge in [-0.3, -0.25) is 4.79 Å². The Morgan fingerprint density at radius 3 is 2.81 bits per heavy atom. The summed E-state index contributed by atoms with van der Waals surface area (Å²) in [4.78, 5) is 16.3. The Balaban J connectivity index is 1.83. The van der Waals surface area contributed by atoms with Crippen molar-refractivity contribution >= 4 is 23.2 Å². The normalized spacial score (nSPS) is 19.0. The van der Waals surface area contributed by atoms with Gasteiger partial charge in [-0.25, -0.2) is 4.98 Å². The third kappa shape index (κ3) is 4.68. The number of hydrogen-bond acceptors (Lipinski definition) is 8. The summed E-state index contributed by atoms with van der Waals surface area (Å²) in [5.41, 5.74) is 7.37. The van der Waals surface area contributed by atoms with Crippen molar-refractivity contribution in [2.24, 2.45) is 5.73 Å². The van der Waals surface area contributed by atoms with E-state index < -0.39 is 0 Å². The number of nitrogens with zero attached hydrogens (tertiary/aromatic N) is 4. The summed E-state index contributed by atoms with van der Waals surface area (Å²) in [5.74, 6) is 0.664. The summed E-state index contributed by atoms with van der Waals surface area (Å²) in [7, 11) is 1.55.